The molecule has 1 heterocycles. The van der Waals surface area contributed by atoms with E-state index in [0.29, 0.717) is 23.7 Å². The van der Waals surface area contributed by atoms with Crippen LogP contribution in [-0.2, 0) is 19.9 Å². The van der Waals surface area contributed by atoms with Crippen molar-refractivity contribution in [3.63, 3.8) is 0 Å². The molecule has 0 aromatic heterocycles. The van der Waals surface area contributed by atoms with Gasteiger partial charge in [0.15, 0.2) is 5.60 Å². The zero-order chi connectivity index (χ0) is 17.0. The largest absolute Gasteiger partial charge is 0.375 e. The number of amides is 2. The molecule has 2 N–H and O–H groups in total. The molecular weight excluding hydrogens is 320 g/mol. The minimum atomic E-state index is -1.60. The third kappa shape index (κ3) is 3.83. The molecule has 1 fully saturated rings. The summed E-state index contributed by atoms with van der Waals surface area (Å²) < 4.78 is 4.74. The molecule has 2 rings (SSSR count). The van der Waals surface area contributed by atoms with Gasteiger partial charge >= 0.3 is 0 Å². The highest BCUT2D eigenvalue weighted by Gasteiger charge is 2.44. The first kappa shape index (κ1) is 17.7. The van der Waals surface area contributed by atoms with E-state index in [1.807, 2.05) is 0 Å². The van der Waals surface area contributed by atoms with Gasteiger partial charge in [-0.05, 0) is 24.1 Å². The highest BCUT2D eigenvalue weighted by atomic mass is 35.5. The molecule has 1 aromatic carbocycles. The van der Waals surface area contributed by atoms with Crippen molar-refractivity contribution in [2.24, 2.45) is 0 Å². The van der Waals surface area contributed by atoms with E-state index in [4.69, 9.17) is 16.3 Å². The molecule has 126 valence electrons. The summed E-state index contributed by atoms with van der Waals surface area (Å²) in [5.74, 6) is -0.593. The number of carbonyl (C=O) groups is 2. The molecule has 6 nitrogen and oxygen atoms in total. The monoisotopic (exact) mass is 340 g/mol. The van der Waals surface area contributed by atoms with Crippen LogP contribution in [0.2, 0.25) is 5.02 Å². The summed E-state index contributed by atoms with van der Waals surface area (Å²) >= 11 is 5.95. The Morgan fingerprint density at radius 2 is 2.17 bits per heavy atom. The molecule has 7 heteroatoms. The second kappa shape index (κ2) is 7.29. The summed E-state index contributed by atoms with van der Waals surface area (Å²) in [4.78, 5) is 25.6. The number of likely N-dealkylation sites (tertiary alicyclic amines) is 1. The molecule has 1 aliphatic rings. The van der Waals surface area contributed by atoms with Crippen molar-refractivity contribution >= 4 is 23.4 Å². The fourth-order valence-corrected chi connectivity index (χ4v) is 2.81. The number of nitrogens with one attached hydrogen (secondary N) is 1. The van der Waals surface area contributed by atoms with Crippen LogP contribution in [0.1, 0.15) is 18.9 Å². The molecule has 1 unspecified atom stereocenters. The van der Waals surface area contributed by atoms with E-state index < -0.39 is 5.60 Å². The van der Waals surface area contributed by atoms with E-state index in [9.17, 15) is 14.7 Å². The summed E-state index contributed by atoms with van der Waals surface area (Å²) in [6, 6.07) is 6.57. The molecule has 1 aromatic rings. The number of rotatable bonds is 6. The van der Waals surface area contributed by atoms with Crippen LogP contribution in [0.3, 0.4) is 0 Å². The van der Waals surface area contributed by atoms with Crippen LogP contribution >= 0.6 is 11.6 Å². The van der Waals surface area contributed by atoms with Gasteiger partial charge in [0.2, 0.25) is 5.91 Å². The van der Waals surface area contributed by atoms with Crippen LogP contribution < -0.4 is 5.32 Å². The van der Waals surface area contributed by atoms with Crippen molar-refractivity contribution in [3.8, 4) is 0 Å². The number of aliphatic hydroxyl groups is 1. The third-order valence-electron chi connectivity index (χ3n) is 3.98. The Hall–Kier alpha value is -1.63. The van der Waals surface area contributed by atoms with Crippen molar-refractivity contribution in [1.29, 1.82) is 0 Å². The molecule has 23 heavy (non-hydrogen) atoms. The normalized spacial score (nSPS) is 17.3. The molecule has 0 aliphatic carbocycles. The number of hydrogen-bond acceptors (Lipinski definition) is 4. The molecule has 1 atom stereocenters. The van der Waals surface area contributed by atoms with Crippen molar-refractivity contribution in [2.75, 3.05) is 26.8 Å². The number of hydrogen-bond donors (Lipinski definition) is 2. The van der Waals surface area contributed by atoms with Crippen molar-refractivity contribution in [3.05, 3.63) is 34.9 Å². The Kier molecular flexibility index (Phi) is 5.62. The lowest BCUT2D eigenvalue weighted by atomic mass is 9.88. The molecule has 0 saturated carbocycles. The Bertz CT molecular complexity index is 589. The molecule has 0 spiro atoms. The van der Waals surface area contributed by atoms with E-state index in [2.05, 4.69) is 5.32 Å². The predicted octanol–water partition coefficient (Wildman–Crippen LogP) is 0.911. The first-order valence-electron chi connectivity index (χ1n) is 7.46. The van der Waals surface area contributed by atoms with Gasteiger partial charge in [0, 0.05) is 25.2 Å². The van der Waals surface area contributed by atoms with E-state index in [-0.39, 0.29) is 30.9 Å². The van der Waals surface area contributed by atoms with Crippen molar-refractivity contribution in [1.82, 2.24) is 10.2 Å². The lowest BCUT2D eigenvalue weighted by molar-refractivity contribution is -0.159. The molecule has 0 bridgehead atoms. The first-order valence-corrected chi connectivity index (χ1v) is 7.84. The lowest BCUT2D eigenvalue weighted by Gasteiger charge is -2.43. The summed E-state index contributed by atoms with van der Waals surface area (Å²) in [5, 5.41) is 14.0. The van der Waals surface area contributed by atoms with Gasteiger partial charge in [0.1, 0.15) is 6.61 Å². The summed E-state index contributed by atoms with van der Waals surface area (Å²) in [7, 11) is 1.45. The van der Waals surface area contributed by atoms with Crippen molar-refractivity contribution < 1.29 is 19.4 Å². The van der Waals surface area contributed by atoms with Crippen LogP contribution in [0, 0.1) is 0 Å². The van der Waals surface area contributed by atoms with Crippen LogP contribution in [0.25, 0.3) is 0 Å². The maximum atomic E-state index is 12.6. The minimum absolute atomic E-state index is 0.00808. The second-order valence-electron chi connectivity index (χ2n) is 5.63. The summed E-state index contributed by atoms with van der Waals surface area (Å²) in [6.45, 7) is 2.48. The van der Waals surface area contributed by atoms with Gasteiger partial charge in [-0.1, -0.05) is 30.7 Å². The van der Waals surface area contributed by atoms with Gasteiger partial charge in [-0.3, -0.25) is 9.59 Å². The number of benzene rings is 1. The minimum Gasteiger partial charge on any atom is -0.375 e. The van der Waals surface area contributed by atoms with E-state index >= 15 is 0 Å². The predicted molar refractivity (Wildman–Crippen MR) is 86.0 cm³/mol. The molecule has 1 saturated heterocycles. The van der Waals surface area contributed by atoms with Crippen molar-refractivity contribution in [2.45, 2.75) is 25.0 Å². The zero-order valence-corrected chi connectivity index (χ0v) is 14.0. The highest BCUT2D eigenvalue weighted by molar-refractivity contribution is 6.30. The topological polar surface area (TPSA) is 78.9 Å². The SMILES string of the molecule is CCC(O)(C(=O)N1CC(NC(=O)COC)C1)c1cccc(Cl)c1. The number of nitrogens with zero attached hydrogens (tertiary/aromatic N) is 1. The number of ether oxygens (including phenoxy) is 1. The van der Waals surface area contributed by atoms with Gasteiger partial charge in [0.25, 0.3) is 5.91 Å². The maximum Gasteiger partial charge on any atom is 0.259 e. The Morgan fingerprint density at radius 1 is 1.48 bits per heavy atom. The number of halogens is 1. The Morgan fingerprint density at radius 3 is 2.74 bits per heavy atom. The molecule has 2 amide bonds. The van der Waals surface area contributed by atoms with Gasteiger partial charge in [-0.25, -0.2) is 0 Å². The standard InChI is InChI=1S/C16H21ClN2O4/c1-3-16(22,11-5-4-6-12(17)7-11)15(21)19-8-13(9-19)18-14(20)10-23-2/h4-7,13,22H,3,8-10H2,1-2H3,(H,18,20). The van der Waals surface area contributed by atoms with Gasteiger partial charge in [-0.2, -0.15) is 0 Å². The lowest BCUT2D eigenvalue weighted by Crippen LogP contribution is -2.64. The van der Waals surface area contributed by atoms with Gasteiger partial charge in [-0.15, -0.1) is 0 Å². The van der Waals surface area contributed by atoms with Crippen LogP contribution in [0.5, 0.6) is 0 Å². The van der Waals surface area contributed by atoms with E-state index in [1.165, 1.54) is 12.0 Å². The summed E-state index contributed by atoms with van der Waals surface area (Å²) in [6.07, 6.45) is 0.239. The van der Waals surface area contributed by atoms with Crippen LogP contribution in [0.15, 0.2) is 24.3 Å². The maximum absolute atomic E-state index is 12.6. The second-order valence-corrected chi connectivity index (χ2v) is 6.07. The molecular formula is C16H21ClN2O4. The number of methoxy groups -OCH3 is 1. The van der Waals surface area contributed by atoms with E-state index in [1.54, 1.807) is 31.2 Å². The Balaban J connectivity index is 2.01. The van der Waals surface area contributed by atoms with Gasteiger partial charge < -0.3 is 20.1 Å². The molecule has 0 radical (unpaired) electrons. The van der Waals surface area contributed by atoms with Crippen LogP contribution in [-0.4, -0.2) is 54.7 Å². The quantitative estimate of drug-likeness (QED) is 0.807. The Labute approximate surface area is 140 Å². The average molecular weight is 341 g/mol. The third-order valence-corrected chi connectivity index (χ3v) is 4.21. The number of carbonyl (C=O) groups excluding carboxylic acids is 2. The van der Waals surface area contributed by atoms with Gasteiger partial charge in [0.05, 0.1) is 6.04 Å². The fraction of sp³-hybridized carbons (Fsp3) is 0.500. The van der Waals surface area contributed by atoms with Crippen LogP contribution in [0.4, 0.5) is 0 Å². The highest BCUT2D eigenvalue weighted by Crippen LogP contribution is 2.30. The van der Waals surface area contributed by atoms with E-state index in [0.717, 1.165) is 0 Å². The first-order chi connectivity index (χ1) is 10.9. The fourth-order valence-electron chi connectivity index (χ4n) is 2.62. The summed E-state index contributed by atoms with van der Waals surface area (Å²) in [5.41, 5.74) is -1.13. The zero-order valence-electron chi connectivity index (χ0n) is 13.2. The molecule has 1 aliphatic heterocycles. The smallest absolute Gasteiger partial charge is 0.259 e. The average Bonchev–Trinajstić information content (AvgIpc) is 2.49.